The Morgan fingerprint density at radius 3 is 3.05 bits per heavy atom. The van der Waals surface area contributed by atoms with E-state index in [1.54, 1.807) is 41.8 Å². The smallest absolute Gasteiger partial charge is 0.229 e. The van der Waals surface area contributed by atoms with Gasteiger partial charge >= 0.3 is 0 Å². The van der Waals surface area contributed by atoms with Crippen LogP contribution in [0, 0.1) is 5.92 Å². The fraction of sp³-hybridized carbons (Fsp3) is 0.267. The number of hydrogen-bond donors (Lipinski definition) is 1. The maximum atomic E-state index is 12.2. The number of pyridine rings is 1. The molecule has 3 heterocycles. The number of nitrogens with one attached hydrogen (secondary N) is 1. The molecule has 2 aromatic rings. The van der Waals surface area contributed by atoms with Gasteiger partial charge in [-0.1, -0.05) is 0 Å². The van der Waals surface area contributed by atoms with Gasteiger partial charge in [-0.3, -0.25) is 14.6 Å². The second-order valence-corrected chi connectivity index (χ2v) is 4.99. The minimum atomic E-state index is -0.340. The third-order valence-electron chi connectivity index (χ3n) is 3.44. The highest BCUT2D eigenvalue weighted by molar-refractivity contribution is 5.97. The van der Waals surface area contributed by atoms with Crippen molar-refractivity contribution in [1.29, 1.82) is 0 Å². The number of amides is 2. The van der Waals surface area contributed by atoms with Gasteiger partial charge in [0.25, 0.3) is 0 Å². The monoisotopic (exact) mass is 285 g/mol. The van der Waals surface area contributed by atoms with Crippen LogP contribution in [-0.4, -0.2) is 28.2 Å². The van der Waals surface area contributed by atoms with Crippen LogP contribution in [0.5, 0.6) is 0 Å². The minimum absolute atomic E-state index is 0.0299. The van der Waals surface area contributed by atoms with Crippen LogP contribution >= 0.6 is 0 Å². The van der Waals surface area contributed by atoms with Crippen molar-refractivity contribution in [1.82, 2.24) is 9.88 Å². The summed E-state index contributed by atoms with van der Waals surface area (Å²) in [4.78, 5) is 29.7. The molecule has 0 radical (unpaired) electrons. The summed E-state index contributed by atoms with van der Waals surface area (Å²) < 4.78 is 5.23. The molecule has 1 atom stereocenters. The van der Waals surface area contributed by atoms with Crippen molar-refractivity contribution in [2.45, 2.75) is 13.0 Å². The maximum absolute atomic E-state index is 12.2. The molecule has 1 N–H and O–H groups in total. The normalized spacial score (nSPS) is 18.0. The first-order valence-corrected chi connectivity index (χ1v) is 6.73. The predicted octanol–water partition coefficient (Wildman–Crippen LogP) is 1.66. The number of anilines is 1. The van der Waals surface area contributed by atoms with Crippen molar-refractivity contribution in [3.05, 3.63) is 48.7 Å². The molecule has 2 aromatic heterocycles. The molecule has 1 aliphatic heterocycles. The molecular weight excluding hydrogens is 270 g/mol. The van der Waals surface area contributed by atoms with Gasteiger partial charge in [0.15, 0.2) is 0 Å². The standard InChI is InChI=1S/C15H15N3O3/c19-14-7-11(9-18(14)10-13-4-2-6-21-13)15(20)17-12-3-1-5-16-8-12/h1-6,8,11H,7,9-10H2,(H,17,20). The first-order valence-electron chi connectivity index (χ1n) is 6.73. The van der Waals surface area contributed by atoms with Crippen LogP contribution in [0.3, 0.4) is 0 Å². The number of furan rings is 1. The number of carbonyl (C=O) groups excluding carboxylic acids is 2. The molecule has 21 heavy (non-hydrogen) atoms. The van der Waals surface area contributed by atoms with E-state index < -0.39 is 0 Å². The van der Waals surface area contributed by atoms with E-state index in [-0.39, 0.29) is 24.2 Å². The zero-order valence-corrected chi connectivity index (χ0v) is 11.4. The fourth-order valence-corrected chi connectivity index (χ4v) is 2.37. The lowest BCUT2D eigenvalue weighted by molar-refractivity contribution is -0.128. The summed E-state index contributed by atoms with van der Waals surface area (Å²) in [5.41, 5.74) is 0.638. The predicted molar refractivity (Wildman–Crippen MR) is 75.1 cm³/mol. The van der Waals surface area contributed by atoms with Crippen LogP contribution in [0.15, 0.2) is 47.3 Å². The van der Waals surface area contributed by atoms with Crippen molar-refractivity contribution < 1.29 is 14.0 Å². The van der Waals surface area contributed by atoms with Crippen LogP contribution in [0.4, 0.5) is 5.69 Å². The summed E-state index contributed by atoms with van der Waals surface area (Å²) in [5.74, 6) is 0.195. The first-order chi connectivity index (χ1) is 10.2. The number of carbonyl (C=O) groups is 2. The summed E-state index contributed by atoms with van der Waals surface area (Å²) in [6, 6.07) is 7.11. The molecule has 0 spiro atoms. The van der Waals surface area contributed by atoms with Crippen molar-refractivity contribution in [3.63, 3.8) is 0 Å². The van der Waals surface area contributed by atoms with Gasteiger partial charge in [-0.25, -0.2) is 0 Å². The van der Waals surface area contributed by atoms with E-state index in [9.17, 15) is 9.59 Å². The van der Waals surface area contributed by atoms with Gasteiger partial charge in [0.05, 0.1) is 30.6 Å². The van der Waals surface area contributed by atoms with Gasteiger partial charge in [-0.15, -0.1) is 0 Å². The Bertz CT molecular complexity index is 625. The molecule has 6 nitrogen and oxygen atoms in total. The third-order valence-corrected chi connectivity index (χ3v) is 3.44. The molecule has 0 aliphatic carbocycles. The highest BCUT2D eigenvalue weighted by Crippen LogP contribution is 2.21. The summed E-state index contributed by atoms with van der Waals surface area (Å²) >= 11 is 0. The Morgan fingerprint density at radius 2 is 2.33 bits per heavy atom. The van der Waals surface area contributed by atoms with Gasteiger partial charge < -0.3 is 14.6 Å². The first kappa shape index (κ1) is 13.4. The van der Waals surface area contributed by atoms with Gasteiger partial charge in [0.1, 0.15) is 5.76 Å². The van der Waals surface area contributed by atoms with E-state index in [4.69, 9.17) is 4.42 Å². The highest BCUT2D eigenvalue weighted by Gasteiger charge is 2.34. The third kappa shape index (κ3) is 3.10. The Labute approximate surface area is 121 Å². The molecule has 1 unspecified atom stereocenters. The summed E-state index contributed by atoms with van der Waals surface area (Å²) in [6.45, 7) is 0.814. The molecule has 0 saturated carbocycles. The topological polar surface area (TPSA) is 75.4 Å². The molecule has 0 bridgehead atoms. The van der Waals surface area contributed by atoms with Crippen LogP contribution in [0.25, 0.3) is 0 Å². The van der Waals surface area contributed by atoms with Gasteiger partial charge in [-0.2, -0.15) is 0 Å². The molecule has 1 fully saturated rings. The maximum Gasteiger partial charge on any atom is 0.229 e. The quantitative estimate of drug-likeness (QED) is 0.927. The highest BCUT2D eigenvalue weighted by atomic mass is 16.3. The molecule has 6 heteroatoms. The lowest BCUT2D eigenvalue weighted by Gasteiger charge is -2.15. The van der Waals surface area contributed by atoms with E-state index in [1.165, 1.54) is 0 Å². The summed E-state index contributed by atoms with van der Waals surface area (Å²) in [5, 5.41) is 2.78. The zero-order valence-electron chi connectivity index (χ0n) is 11.4. The average molecular weight is 285 g/mol. The van der Waals surface area contributed by atoms with E-state index in [1.807, 2.05) is 6.07 Å². The van der Waals surface area contributed by atoms with E-state index >= 15 is 0 Å². The average Bonchev–Trinajstić information content (AvgIpc) is 3.11. The van der Waals surface area contributed by atoms with Crippen molar-refractivity contribution >= 4 is 17.5 Å². The Hall–Kier alpha value is -2.63. The molecule has 108 valence electrons. The summed E-state index contributed by atoms with van der Waals surface area (Å²) in [7, 11) is 0. The summed E-state index contributed by atoms with van der Waals surface area (Å²) in [6.07, 6.45) is 5.02. The van der Waals surface area contributed by atoms with Crippen molar-refractivity contribution in [2.24, 2.45) is 5.92 Å². The lowest BCUT2D eigenvalue weighted by atomic mass is 10.1. The SMILES string of the molecule is O=C(Nc1cccnc1)C1CC(=O)N(Cc2ccco2)C1. The molecule has 2 amide bonds. The molecule has 1 saturated heterocycles. The molecule has 3 rings (SSSR count). The minimum Gasteiger partial charge on any atom is -0.467 e. The fourth-order valence-electron chi connectivity index (χ4n) is 2.37. The second-order valence-electron chi connectivity index (χ2n) is 4.99. The number of likely N-dealkylation sites (tertiary alicyclic amines) is 1. The van der Waals surface area contributed by atoms with Crippen LogP contribution in [0.1, 0.15) is 12.2 Å². The Balaban J connectivity index is 1.60. The Kier molecular flexibility index (Phi) is 3.68. The van der Waals surface area contributed by atoms with Crippen LogP contribution in [-0.2, 0) is 16.1 Å². The largest absolute Gasteiger partial charge is 0.467 e. The number of nitrogens with zero attached hydrogens (tertiary/aromatic N) is 2. The second kappa shape index (κ2) is 5.78. The van der Waals surface area contributed by atoms with E-state index in [0.29, 0.717) is 18.8 Å². The van der Waals surface area contributed by atoms with Crippen LogP contribution < -0.4 is 5.32 Å². The molecule has 0 aromatic carbocycles. The van der Waals surface area contributed by atoms with E-state index in [0.717, 1.165) is 5.76 Å². The Morgan fingerprint density at radius 1 is 1.43 bits per heavy atom. The van der Waals surface area contributed by atoms with Crippen molar-refractivity contribution in [2.75, 3.05) is 11.9 Å². The number of hydrogen-bond acceptors (Lipinski definition) is 4. The lowest BCUT2D eigenvalue weighted by Crippen LogP contribution is -2.27. The number of aromatic nitrogens is 1. The van der Waals surface area contributed by atoms with Crippen LogP contribution in [0.2, 0.25) is 0 Å². The van der Waals surface area contributed by atoms with Crippen molar-refractivity contribution in [3.8, 4) is 0 Å². The van der Waals surface area contributed by atoms with Gasteiger partial charge in [-0.05, 0) is 24.3 Å². The zero-order chi connectivity index (χ0) is 14.7. The molecular formula is C15H15N3O3. The number of rotatable bonds is 4. The van der Waals surface area contributed by atoms with Gasteiger partial charge in [0.2, 0.25) is 11.8 Å². The van der Waals surface area contributed by atoms with Gasteiger partial charge in [0, 0.05) is 19.2 Å². The molecule has 1 aliphatic rings. The van der Waals surface area contributed by atoms with E-state index in [2.05, 4.69) is 10.3 Å².